The van der Waals surface area contributed by atoms with Crippen molar-refractivity contribution in [2.75, 3.05) is 0 Å². The summed E-state index contributed by atoms with van der Waals surface area (Å²) in [5.74, 6) is 0. The van der Waals surface area contributed by atoms with Crippen molar-refractivity contribution in [2.45, 2.75) is 6.92 Å². The first-order chi connectivity index (χ1) is 7.31. The Labute approximate surface area is 88.8 Å². The lowest BCUT2D eigenvalue weighted by atomic mass is 10.0. The molecule has 1 heterocycles. The third-order valence-corrected chi connectivity index (χ3v) is 2.31. The van der Waals surface area contributed by atoms with Gasteiger partial charge in [-0.1, -0.05) is 12.1 Å². The molecule has 2 aromatic rings. The number of hydrogen-bond donors (Lipinski definition) is 0. The molecule has 1 aromatic carbocycles. The Morgan fingerprint density at radius 3 is 2.73 bits per heavy atom. The van der Waals surface area contributed by atoms with Crippen molar-refractivity contribution in [3.05, 3.63) is 53.7 Å². The molecule has 15 heavy (non-hydrogen) atoms. The number of nitriles is 1. The van der Waals surface area contributed by atoms with Gasteiger partial charge in [0.25, 0.3) is 0 Å². The SMILES string of the molecule is Cc1ccc(C#N)cc1-c1ccccn1. The van der Waals surface area contributed by atoms with Crippen LogP contribution in [0.25, 0.3) is 11.3 Å². The largest absolute Gasteiger partial charge is 0.256 e. The molecule has 0 aliphatic carbocycles. The molecule has 2 rings (SSSR count). The fourth-order valence-corrected chi connectivity index (χ4v) is 1.49. The zero-order chi connectivity index (χ0) is 10.7. The van der Waals surface area contributed by atoms with Gasteiger partial charge in [-0.2, -0.15) is 5.26 Å². The summed E-state index contributed by atoms with van der Waals surface area (Å²) >= 11 is 0. The molecule has 0 unspecified atom stereocenters. The maximum Gasteiger partial charge on any atom is 0.0991 e. The van der Waals surface area contributed by atoms with E-state index in [1.807, 2.05) is 43.3 Å². The summed E-state index contributed by atoms with van der Waals surface area (Å²) in [4.78, 5) is 4.28. The minimum Gasteiger partial charge on any atom is -0.256 e. The zero-order valence-corrected chi connectivity index (χ0v) is 8.44. The fourth-order valence-electron chi connectivity index (χ4n) is 1.49. The summed E-state index contributed by atoms with van der Waals surface area (Å²) in [5, 5.41) is 8.83. The van der Waals surface area contributed by atoms with E-state index in [4.69, 9.17) is 5.26 Å². The first-order valence-electron chi connectivity index (χ1n) is 4.73. The topological polar surface area (TPSA) is 36.7 Å². The van der Waals surface area contributed by atoms with Crippen molar-refractivity contribution < 1.29 is 0 Å². The Morgan fingerprint density at radius 1 is 1.20 bits per heavy atom. The number of rotatable bonds is 1. The second-order valence-electron chi connectivity index (χ2n) is 3.36. The Balaban J connectivity index is 2.58. The summed E-state index contributed by atoms with van der Waals surface area (Å²) < 4.78 is 0. The molecule has 0 spiro atoms. The number of pyridine rings is 1. The molecule has 2 nitrogen and oxygen atoms in total. The smallest absolute Gasteiger partial charge is 0.0991 e. The van der Waals surface area contributed by atoms with E-state index in [1.165, 1.54) is 0 Å². The lowest BCUT2D eigenvalue weighted by molar-refractivity contribution is 1.30. The number of aromatic nitrogens is 1. The van der Waals surface area contributed by atoms with E-state index in [0.29, 0.717) is 5.56 Å². The molecular formula is C13H10N2. The predicted octanol–water partition coefficient (Wildman–Crippen LogP) is 2.93. The third kappa shape index (κ3) is 1.87. The Morgan fingerprint density at radius 2 is 2.07 bits per heavy atom. The molecule has 2 heteroatoms. The number of hydrogen-bond acceptors (Lipinski definition) is 2. The van der Waals surface area contributed by atoms with E-state index in [0.717, 1.165) is 16.8 Å². The van der Waals surface area contributed by atoms with E-state index in [9.17, 15) is 0 Å². The van der Waals surface area contributed by atoms with Crippen molar-refractivity contribution in [3.8, 4) is 17.3 Å². The van der Waals surface area contributed by atoms with E-state index < -0.39 is 0 Å². The van der Waals surface area contributed by atoms with Gasteiger partial charge in [0, 0.05) is 11.8 Å². The summed E-state index contributed by atoms with van der Waals surface area (Å²) in [6, 6.07) is 13.6. The van der Waals surface area contributed by atoms with Crippen molar-refractivity contribution in [3.63, 3.8) is 0 Å². The van der Waals surface area contributed by atoms with Crippen LogP contribution in [-0.4, -0.2) is 4.98 Å². The molecule has 0 fully saturated rings. The highest BCUT2D eigenvalue weighted by Gasteiger charge is 2.03. The van der Waals surface area contributed by atoms with Crippen LogP contribution in [0.3, 0.4) is 0 Å². The van der Waals surface area contributed by atoms with Crippen molar-refractivity contribution in [2.24, 2.45) is 0 Å². The van der Waals surface area contributed by atoms with Crippen LogP contribution < -0.4 is 0 Å². The van der Waals surface area contributed by atoms with Gasteiger partial charge in [0.1, 0.15) is 0 Å². The Kier molecular flexibility index (Phi) is 2.47. The van der Waals surface area contributed by atoms with Gasteiger partial charge in [0.2, 0.25) is 0 Å². The highest BCUT2D eigenvalue weighted by atomic mass is 14.7. The monoisotopic (exact) mass is 194 g/mol. The first kappa shape index (κ1) is 9.42. The molecule has 0 radical (unpaired) electrons. The van der Waals surface area contributed by atoms with Crippen molar-refractivity contribution >= 4 is 0 Å². The van der Waals surface area contributed by atoms with Gasteiger partial charge in [-0.3, -0.25) is 4.98 Å². The predicted molar refractivity (Wildman–Crippen MR) is 59.1 cm³/mol. The van der Waals surface area contributed by atoms with Crippen LogP contribution >= 0.6 is 0 Å². The normalized spacial score (nSPS) is 9.60. The van der Waals surface area contributed by atoms with Crippen LogP contribution in [0.1, 0.15) is 11.1 Å². The maximum atomic E-state index is 8.83. The average Bonchev–Trinajstić information content (AvgIpc) is 2.31. The van der Waals surface area contributed by atoms with Crippen LogP contribution in [0.15, 0.2) is 42.6 Å². The molecule has 72 valence electrons. The molecule has 0 aliphatic heterocycles. The molecule has 1 aromatic heterocycles. The molecule has 0 amide bonds. The van der Waals surface area contributed by atoms with E-state index in [1.54, 1.807) is 6.20 Å². The summed E-state index contributed by atoms with van der Waals surface area (Å²) in [5.41, 5.74) is 3.73. The Bertz CT molecular complexity index is 510. The average molecular weight is 194 g/mol. The molecular weight excluding hydrogens is 184 g/mol. The molecule has 0 atom stereocenters. The summed E-state index contributed by atoms with van der Waals surface area (Å²) in [6.45, 7) is 2.02. The van der Waals surface area contributed by atoms with Crippen molar-refractivity contribution in [1.82, 2.24) is 4.98 Å². The highest BCUT2D eigenvalue weighted by molar-refractivity contribution is 5.65. The van der Waals surface area contributed by atoms with Crippen LogP contribution in [-0.2, 0) is 0 Å². The second-order valence-corrected chi connectivity index (χ2v) is 3.36. The lowest BCUT2D eigenvalue weighted by Gasteiger charge is -2.04. The number of aryl methyl sites for hydroxylation is 1. The van der Waals surface area contributed by atoms with Gasteiger partial charge in [-0.15, -0.1) is 0 Å². The standard InChI is InChI=1S/C13H10N2/c1-10-5-6-11(9-14)8-12(10)13-4-2-3-7-15-13/h2-8H,1H3. The van der Waals surface area contributed by atoms with Crippen LogP contribution in [0.5, 0.6) is 0 Å². The van der Waals surface area contributed by atoms with Gasteiger partial charge < -0.3 is 0 Å². The van der Waals surface area contributed by atoms with E-state index in [-0.39, 0.29) is 0 Å². The number of nitrogens with zero attached hydrogens (tertiary/aromatic N) is 2. The minimum atomic E-state index is 0.668. The fraction of sp³-hybridized carbons (Fsp3) is 0.0769. The highest BCUT2D eigenvalue weighted by Crippen LogP contribution is 2.21. The minimum absolute atomic E-state index is 0.668. The van der Waals surface area contributed by atoms with Gasteiger partial charge in [-0.25, -0.2) is 0 Å². The molecule has 0 saturated carbocycles. The Hall–Kier alpha value is -2.14. The van der Waals surface area contributed by atoms with E-state index >= 15 is 0 Å². The summed E-state index contributed by atoms with van der Waals surface area (Å²) in [7, 11) is 0. The lowest BCUT2D eigenvalue weighted by Crippen LogP contribution is -1.87. The van der Waals surface area contributed by atoms with Gasteiger partial charge >= 0.3 is 0 Å². The molecule has 0 saturated heterocycles. The van der Waals surface area contributed by atoms with E-state index in [2.05, 4.69) is 11.1 Å². The third-order valence-electron chi connectivity index (χ3n) is 2.31. The van der Waals surface area contributed by atoms with Crippen LogP contribution in [0.4, 0.5) is 0 Å². The molecule has 0 aliphatic rings. The summed E-state index contributed by atoms with van der Waals surface area (Å²) in [6.07, 6.45) is 1.76. The first-order valence-corrected chi connectivity index (χ1v) is 4.73. The quantitative estimate of drug-likeness (QED) is 0.699. The number of benzene rings is 1. The van der Waals surface area contributed by atoms with Gasteiger partial charge in [0.05, 0.1) is 17.3 Å². The molecule has 0 bridgehead atoms. The van der Waals surface area contributed by atoms with Crippen LogP contribution in [0, 0.1) is 18.3 Å². The van der Waals surface area contributed by atoms with Gasteiger partial charge in [-0.05, 0) is 36.8 Å². The van der Waals surface area contributed by atoms with Crippen LogP contribution in [0.2, 0.25) is 0 Å². The van der Waals surface area contributed by atoms with Crippen molar-refractivity contribution in [1.29, 1.82) is 5.26 Å². The maximum absolute atomic E-state index is 8.83. The molecule has 0 N–H and O–H groups in total. The van der Waals surface area contributed by atoms with Gasteiger partial charge in [0.15, 0.2) is 0 Å². The zero-order valence-electron chi connectivity index (χ0n) is 8.44. The second kappa shape index (κ2) is 3.93.